The summed E-state index contributed by atoms with van der Waals surface area (Å²) >= 11 is 3.79. The average molecular weight is 266 g/mol. The van der Waals surface area contributed by atoms with Crippen LogP contribution in [0, 0.1) is 0 Å². The Morgan fingerprint density at radius 2 is 1.87 bits per heavy atom. The number of hydrogen-bond donors (Lipinski definition) is 1. The maximum absolute atomic E-state index is 6.32. The number of nitrogen functional groups attached to an aromatic ring is 1. The number of fused-ring (bicyclic) bond motifs is 2. The quantitative estimate of drug-likeness (QED) is 0.714. The highest BCUT2D eigenvalue weighted by molar-refractivity contribution is 9.10. The maximum Gasteiger partial charge on any atom is 0.0388 e. The second-order valence-electron chi connectivity index (χ2n) is 4.87. The van der Waals surface area contributed by atoms with Crippen LogP contribution in [0.2, 0.25) is 0 Å². The van der Waals surface area contributed by atoms with E-state index >= 15 is 0 Å². The Balaban J connectivity index is 2.33. The normalized spacial score (nSPS) is 22.9. The molecule has 2 N–H and O–H groups in total. The minimum absolute atomic E-state index is 0.655. The molecule has 0 aromatic heterocycles. The molecule has 1 aromatic rings. The van der Waals surface area contributed by atoms with Crippen LogP contribution in [0.25, 0.3) is 0 Å². The number of halogens is 1. The standard InChI is InChI=1S/C13H16BrN/c1-7-5-6-10-11(7)13(15)9-4-2-3-8(9)12(10)14/h7H,2-6,15H2,1H3. The van der Waals surface area contributed by atoms with Crippen LogP contribution in [-0.2, 0) is 19.3 Å². The summed E-state index contributed by atoms with van der Waals surface area (Å²) in [6.07, 6.45) is 6.13. The number of rotatable bonds is 0. The van der Waals surface area contributed by atoms with Gasteiger partial charge in [-0.25, -0.2) is 0 Å². The summed E-state index contributed by atoms with van der Waals surface area (Å²) in [5.41, 5.74) is 13.3. The Hall–Kier alpha value is -0.500. The average Bonchev–Trinajstić information content (AvgIpc) is 2.80. The first-order valence-corrected chi connectivity index (χ1v) is 6.61. The van der Waals surface area contributed by atoms with Crippen LogP contribution < -0.4 is 5.73 Å². The third kappa shape index (κ3) is 1.20. The van der Waals surface area contributed by atoms with E-state index in [2.05, 4.69) is 22.9 Å². The summed E-state index contributed by atoms with van der Waals surface area (Å²) in [4.78, 5) is 0. The van der Waals surface area contributed by atoms with Gasteiger partial charge >= 0.3 is 0 Å². The zero-order chi connectivity index (χ0) is 10.6. The Morgan fingerprint density at radius 1 is 1.13 bits per heavy atom. The summed E-state index contributed by atoms with van der Waals surface area (Å²) in [5.74, 6) is 0.655. The molecule has 3 rings (SSSR count). The van der Waals surface area contributed by atoms with Crippen LogP contribution in [0.5, 0.6) is 0 Å². The molecule has 0 radical (unpaired) electrons. The van der Waals surface area contributed by atoms with Crippen LogP contribution in [-0.4, -0.2) is 0 Å². The summed E-state index contributed by atoms with van der Waals surface area (Å²) in [5, 5.41) is 0. The smallest absolute Gasteiger partial charge is 0.0388 e. The molecule has 1 aromatic carbocycles. The van der Waals surface area contributed by atoms with Gasteiger partial charge in [0.05, 0.1) is 0 Å². The van der Waals surface area contributed by atoms with Gasteiger partial charge in [0.25, 0.3) is 0 Å². The highest BCUT2D eigenvalue weighted by Crippen LogP contribution is 2.46. The van der Waals surface area contributed by atoms with Crippen molar-refractivity contribution in [2.75, 3.05) is 5.73 Å². The van der Waals surface area contributed by atoms with Crippen LogP contribution in [0.4, 0.5) is 5.69 Å². The Kier molecular flexibility index (Phi) is 2.10. The summed E-state index contributed by atoms with van der Waals surface area (Å²) in [6.45, 7) is 2.30. The minimum Gasteiger partial charge on any atom is -0.398 e. The molecule has 0 heterocycles. The molecular weight excluding hydrogens is 250 g/mol. The first kappa shape index (κ1) is 9.71. The molecule has 2 aliphatic rings. The van der Waals surface area contributed by atoms with Crippen molar-refractivity contribution in [2.24, 2.45) is 0 Å². The molecule has 80 valence electrons. The summed E-state index contributed by atoms with van der Waals surface area (Å²) in [7, 11) is 0. The molecule has 0 saturated carbocycles. The first-order chi connectivity index (χ1) is 7.20. The number of nitrogens with two attached hydrogens (primary N) is 1. The predicted octanol–water partition coefficient (Wildman–Crippen LogP) is 3.57. The molecule has 2 aliphatic carbocycles. The fourth-order valence-electron chi connectivity index (χ4n) is 3.22. The lowest BCUT2D eigenvalue weighted by Crippen LogP contribution is -2.03. The monoisotopic (exact) mass is 265 g/mol. The zero-order valence-corrected chi connectivity index (χ0v) is 10.7. The van der Waals surface area contributed by atoms with Gasteiger partial charge in [-0.3, -0.25) is 0 Å². The van der Waals surface area contributed by atoms with Crippen LogP contribution in [0.1, 0.15) is 47.9 Å². The first-order valence-electron chi connectivity index (χ1n) is 5.81. The molecular formula is C13H16BrN. The van der Waals surface area contributed by atoms with Crippen molar-refractivity contribution in [3.8, 4) is 0 Å². The van der Waals surface area contributed by atoms with Crippen molar-refractivity contribution in [1.82, 2.24) is 0 Å². The third-order valence-electron chi connectivity index (χ3n) is 4.01. The van der Waals surface area contributed by atoms with Gasteiger partial charge in [0.15, 0.2) is 0 Å². The molecule has 1 unspecified atom stereocenters. The molecule has 0 spiro atoms. The van der Waals surface area contributed by atoms with Crippen molar-refractivity contribution in [1.29, 1.82) is 0 Å². The highest BCUT2D eigenvalue weighted by atomic mass is 79.9. The lowest BCUT2D eigenvalue weighted by molar-refractivity contribution is 0.747. The van der Waals surface area contributed by atoms with Crippen LogP contribution in [0.3, 0.4) is 0 Å². The number of anilines is 1. The minimum atomic E-state index is 0.655. The predicted molar refractivity (Wildman–Crippen MR) is 67.3 cm³/mol. The van der Waals surface area contributed by atoms with Crippen molar-refractivity contribution in [3.63, 3.8) is 0 Å². The molecule has 2 heteroatoms. The van der Waals surface area contributed by atoms with E-state index in [4.69, 9.17) is 5.73 Å². The van der Waals surface area contributed by atoms with Crippen molar-refractivity contribution in [2.45, 2.75) is 44.9 Å². The largest absolute Gasteiger partial charge is 0.398 e. The Bertz CT molecular complexity index is 437. The van der Waals surface area contributed by atoms with Gasteiger partial charge < -0.3 is 5.73 Å². The van der Waals surface area contributed by atoms with Gasteiger partial charge in [0, 0.05) is 10.2 Å². The molecule has 0 bridgehead atoms. The van der Waals surface area contributed by atoms with Crippen molar-refractivity contribution >= 4 is 21.6 Å². The zero-order valence-electron chi connectivity index (χ0n) is 9.07. The van der Waals surface area contributed by atoms with Gasteiger partial charge in [0.1, 0.15) is 0 Å². The number of benzene rings is 1. The highest BCUT2D eigenvalue weighted by Gasteiger charge is 2.29. The van der Waals surface area contributed by atoms with E-state index in [0.29, 0.717) is 5.92 Å². The van der Waals surface area contributed by atoms with E-state index < -0.39 is 0 Å². The van der Waals surface area contributed by atoms with E-state index in [0.717, 1.165) is 5.69 Å². The van der Waals surface area contributed by atoms with E-state index in [1.165, 1.54) is 58.8 Å². The summed E-state index contributed by atoms with van der Waals surface area (Å²) in [6, 6.07) is 0. The summed E-state index contributed by atoms with van der Waals surface area (Å²) < 4.78 is 1.38. The Morgan fingerprint density at radius 3 is 2.67 bits per heavy atom. The maximum atomic E-state index is 6.32. The Labute approximate surface area is 99.2 Å². The van der Waals surface area contributed by atoms with E-state index in [-0.39, 0.29) is 0 Å². The fourth-order valence-corrected chi connectivity index (χ4v) is 4.07. The van der Waals surface area contributed by atoms with E-state index in [9.17, 15) is 0 Å². The molecule has 0 saturated heterocycles. The van der Waals surface area contributed by atoms with Gasteiger partial charge in [0.2, 0.25) is 0 Å². The van der Waals surface area contributed by atoms with Crippen molar-refractivity contribution < 1.29 is 0 Å². The van der Waals surface area contributed by atoms with Crippen LogP contribution in [0.15, 0.2) is 4.47 Å². The third-order valence-corrected chi connectivity index (χ3v) is 4.97. The van der Waals surface area contributed by atoms with E-state index in [1.807, 2.05) is 0 Å². The fraction of sp³-hybridized carbons (Fsp3) is 0.538. The molecule has 1 atom stereocenters. The van der Waals surface area contributed by atoms with Crippen LogP contribution >= 0.6 is 15.9 Å². The van der Waals surface area contributed by atoms with Gasteiger partial charge in [-0.05, 0) is 60.3 Å². The second kappa shape index (κ2) is 3.24. The molecule has 0 fully saturated rings. The molecule has 1 nitrogen and oxygen atoms in total. The number of hydrogen-bond acceptors (Lipinski definition) is 1. The molecule has 0 amide bonds. The van der Waals surface area contributed by atoms with E-state index in [1.54, 1.807) is 0 Å². The second-order valence-corrected chi connectivity index (χ2v) is 5.66. The molecule has 0 aliphatic heterocycles. The van der Waals surface area contributed by atoms with Crippen molar-refractivity contribution in [3.05, 3.63) is 26.7 Å². The topological polar surface area (TPSA) is 26.0 Å². The van der Waals surface area contributed by atoms with Gasteiger partial charge in [-0.2, -0.15) is 0 Å². The van der Waals surface area contributed by atoms with Gasteiger partial charge in [-0.1, -0.05) is 22.9 Å². The lowest BCUT2D eigenvalue weighted by Gasteiger charge is -2.16. The van der Waals surface area contributed by atoms with Gasteiger partial charge in [-0.15, -0.1) is 0 Å². The SMILES string of the molecule is CC1CCc2c(Br)c3c(c(N)c21)CCC3. The lowest BCUT2D eigenvalue weighted by atomic mass is 9.95. The molecule has 15 heavy (non-hydrogen) atoms.